The van der Waals surface area contributed by atoms with E-state index in [0.29, 0.717) is 0 Å². The van der Waals surface area contributed by atoms with Crippen molar-refractivity contribution in [1.82, 2.24) is 4.98 Å². The van der Waals surface area contributed by atoms with Crippen molar-refractivity contribution in [2.45, 2.75) is 11.8 Å². The summed E-state index contributed by atoms with van der Waals surface area (Å²) in [6.07, 6.45) is 1.79. The summed E-state index contributed by atoms with van der Waals surface area (Å²) in [7, 11) is 1.92. The zero-order chi connectivity index (χ0) is 13.7. The molecule has 0 aliphatic heterocycles. The smallest absolute Gasteiger partial charge is 0.229 e. The molecular weight excluding hydrogens is 276 g/mol. The number of nitrogens with zero attached hydrogens (tertiary/aromatic N) is 2. The molecule has 2 aromatic rings. The quantitative estimate of drug-likeness (QED) is 0.484. The highest BCUT2D eigenvalue weighted by Crippen LogP contribution is 2.30. The standard InChI is InChI=1S/C13H17N4S2/c1-4-17(3)12-9-10(5-6-11(12)14-2)19-16-13-15-7-8-18-13/h5-9,14H,3-4H2,1-2H3,(H,15,16)/q+1. The average molecular weight is 293 g/mol. The summed E-state index contributed by atoms with van der Waals surface area (Å²) in [6, 6.07) is 6.26. The second-order valence-corrected chi connectivity index (χ2v) is 5.60. The Balaban J connectivity index is 2.15. The van der Waals surface area contributed by atoms with Crippen LogP contribution in [0.5, 0.6) is 0 Å². The Morgan fingerprint density at radius 3 is 2.95 bits per heavy atom. The minimum absolute atomic E-state index is 0.864. The third kappa shape index (κ3) is 3.48. The van der Waals surface area contributed by atoms with Crippen molar-refractivity contribution in [2.75, 3.05) is 23.6 Å². The van der Waals surface area contributed by atoms with Gasteiger partial charge in [0.25, 0.3) is 0 Å². The van der Waals surface area contributed by atoms with Crippen molar-refractivity contribution in [3.63, 3.8) is 0 Å². The molecule has 19 heavy (non-hydrogen) atoms. The van der Waals surface area contributed by atoms with Crippen LogP contribution in [-0.4, -0.2) is 29.9 Å². The molecule has 0 aliphatic carbocycles. The lowest BCUT2D eigenvalue weighted by Gasteiger charge is -2.08. The fourth-order valence-electron chi connectivity index (χ4n) is 1.59. The molecule has 1 aromatic carbocycles. The van der Waals surface area contributed by atoms with E-state index in [0.717, 1.165) is 27.9 Å². The predicted molar refractivity (Wildman–Crippen MR) is 85.2 cm³/mol. The van der Waals surface area contributed by atoms with Gasteiger partial charge in [0.15, 0.2) is 5.13 Å². The van der Waals surface area contributed by atoms with Crippen LogP contribution < -0.4 is 10.0 Å². The van der Waals surface area contributed by atoms with E-state index in [1.165, 1.54) is 0 Å². The Kier molecular flexibility index (Phi) is 4.81. The van der Waals surface area contributed by atoms with Crippen LogP contribution in [0.15, 0.2) is 34.7 Å². The van der Waals surface area contributed by atoms with Crippen molar-refractivity contribution in [1.29, 1.82) is 0 Å². The summed E-state index contributed by atoms with van der Waals surface area (Å²) in [5, 5.41) is 6.05. The van der Waals surface area contributed by atoms with Gasteiger partial charge < -0.3 is 10.0 Å². The fraction of sp³-hybridized carbons (Fsp3) is 0.231. The zero-order valence-corrected chi connectivity index (χ0v) is 12.6. The Hall–Kier alpha value is -1.53. The summed E-state index contributed by atoms with van der Waals surface area (Å²) in [6.45, 7) is 6.99. The Morgan fingerprint density at radius 1 is 1.47 bits per heavy atom. The topological polar surface area (TPSA) is 40.0 Å². The van der Waals surface area contributed by atoms with Crippen LogP contribution in [0.4, 0.5) is 16.5 Å². The summed E-state index contributed by atoms with van der Waals surface area (Å²) >= 11 is 3.14. The molecule has 0 amide bonds. The molecule has 0 aliphatic rings. The molecule has 0 unspecified atom stereocenters. The van der Waals surface area contributed by atoms with Crippen molar-refractivity contribution in [3.8, 4) is 0 Å². The number of thiazole rings is 1. The average Bonchev–Trinajstić information content (AvgIpc) is 2.97. The molecule has 1 aromatic heterocycles. The van der Waals surface area contributed by atoms with Crippen LogP contribution in [0.1, 0.15) is 6.92 Å². The lowest BCUT2D eigenvalue weighted by Crippen LogP contribution is -2.04. The molecule has 0 atom stereocenters. The van der Waals surface area contributed by atoms with E-state index in [1.807, 2.05) is 17.0 Å². The SMILES string of the molecule is C=[N+](CC)c1cc(SNc2nccs2)ccc1NC. The summed E-state index contributed by atoms with van der Waals surface area (Å²) in [5.74, 6) is 0. The molecule has 0 saturated heterocycles. The summed E-state index contributed by atoms with van der Waals surface area (Å²) in [4.78, 5) is 5.32. The highest BCUT2D eigenvalue weighted by Gasteiger charge is 2.12. The Labute approximate surface area is 121 Å². The van der Waals surface area contributed by atoms with E-state index < -0.39 is 0 Å². The molecule has 100 valence electrons. The van der Waals surface area contributed by atoms with Gasteiger partial charge >= 0.3 is 0 Å². The number of rotatable bonds is 6. The van der Waals surface area contributed by atoms with Gasteiger partial charge in [-0.1, -0.05) is 0 Å². The lowest BCUT2D eigenvalue weighted by atomic mass is 10.2. The van der Waals surface area contributed by atoms with E-state index in [4.69, 9.17) is 0 Å². The predicted octanol–water partition coefficient (Wildman–Crippen LogP) is 3.67. The Morgan fingerprint density at radius 2 is 2.32 bits per heavy atom. The molecule has 0 fully saturated rings. The third-order valence-corrected chi connectivity index (χ3v) is 4.25. The first-order valence-corrected chi connectivity index (χ1v) is 7.66. The van der Waals surface area contributed by atoms with E-state index in [1.54, 1.807) is 29.5 Å². The molecule has 2 N–H and O–H groups in total. The number of nitrogens with one attached hydrogen (secondary N) is 2. The summed E-state index contributed by atoms with van der Waals surface area (Å²) < 4.78 is 5.20. The van der Waals surface area contributed by atoms with Crippen LogP contribution in [0, 0.1) is 0 Å². The maximum atomic E-state index is 4.19. The fourth-order valence-corrected chi connectivity index (χ4v) is 2.85. The van der Waals surface area contributed by atoms with Crippen molar-refractivity contribution >= 4 is 46.5 Å². The normalized spacial score (nSPS) is 10.2. The van der Waals surface area contributed by atoms with E-state index in [9.17, 15) is 0 Å². The molecule has 4 nitrogen and oxygen atoms in total. The largest absolute Gasteiger partial charge is 0.383 e. The Bertz CT molecular complexity index is 552. The molecule has 0 saturated carbocycles. The van der Waals surface area contributed by atoms with Crippen molar-refractivity contribution in [2.24, 2.45) is 0 Å². The highest BCUT2D eigenvalue weighted by atomic mass is 32.2. The van der Waals surface area contributed by atoms with Crippen molar-refractivity contribution < 1.29 is 4.58 Å². The first-order valence-electron chi connectivity index (χ1n) is 5.96. The highest BCUT2D eigenvalue weighted by molar-refractivity contribution is 8.00. The summed E-state index contributed by atoms with van der Waals surface area (Å²) in [5.41, 5.74) is 2.17. The number of benzene rings is 1. The first-order chi connectivity index (χ1) is 9.24. The second-order valence-electron chi connectivity index (χ2n) is 3.83. The van der Waals surface area contributed by atoms with Crippen LogP contribution in [0.25, 0.3) is 0 Å². The van der Waals surface area contributed by atoms with E-state index in [2.05, 4.69) is 46.9 Å². The third-order valence-electron chi connectivity index (χ3n) is 2.65. The van der Waals surface area contributed by atoms with Gasteiger partial charge in [-0.2, -0.15) is 0 Å². The number of anilines is 2. The maximum absolute atomic E-state index is 4.19. The zero-order valence-electron chi connectivity index (χ0n) is 11.0. The molecule has 0 spiro atoms. The molecule has 1 heterocycles. The van der Waals surface area contributed by atoms with Gasteiger partial charge in [-0.05, 0) is 31.0 Å². The van der Waals surface area contributed by atoms with Crippen LogP contribution in [0.3, 0.4) is 0 Å². The number of hydrogen-bond donors (Lipinski definition) is 2. The van der Waals surface area contributed by atoms with Crippen LogP contribution in [-0.2, 0) is 0 Å². The van der Waals surface area contributed by atoms with Gasteiger partial charge in [0, 0.05) is 29.6 Å². The molecular formula is C13H17N4S2+. The second kappa shape index (κ2) is 6.58. The molecule has 0 radical (unpaired) electrons. The number of hydrogen-bond acceptors (Lipinski definition) is 5. The van der Waals surface area contributed by atoms with Gasteiger partial charge in [0.05, 0.1) is 0 Å². The minimum Gasteiger partial charge on any atom is -0.383 e. The maximum Gasteiger partial charge on any atom is 0.229 e. The molecule has 6 heteroatoms. The van der Waals surface area contributed by atoms with Gasteiger partial charge in [-0.3, -0.25) is 0 Å². The van der Waals surface area contributed by atoms with Crippen LogP contribution in [0.2, 0.25) is 0 Å². The van der Waals surface area contributed by atoms with Gasteiger partial charge in [-0.15, -0.1) is 11.3 Å². The van der Waals surface area contributed by atoms with Gasteiger partial charge in [0.2, 0.25) is 5.69 Å². The first kappa shape index (κ1) is 13.9. The van der Waals surface area contributed by atoms with Gasteiger partial charge in [-0.25, -0.2) is 9.56 Å². The molecule has 0 bridgehead atoms. The van der Waals surface area contributed by atoms with E-state index >= 15 is 0 Å². The van der Waals surface area contributed by atoms with Gasteiger partial charge in [0.1, 0.15) is 18.9 Å². The number of aromatic nitrogens is 1. The van der Waals surface area contributed by atoms with Crippen molar-refractivity contribution in [3.05, 3.63) is 29.8 Å². The van der Waals surface area contributed by atoms with E-state index in [-0.39, 0.29) is 0 Å². The minimum atomic E-state index is 0.864. The lowest BCUT2D eigenvalue weighted by molar-refractivity contribution is -0.425. The molecule has 2 rings (SSSR count). The monoisotopic (exact) mass is 293 g/mol. The van der Waals surface area contributed by atoms with Crippen LogP contribution >= 0.6 is 23.3 Å².